The van der Waals surface area contributed by atoms with Gasteiger partial charge in [0.1, 0.15) is 5.82 Å². The first kappa shape index (κ1) is 23.2. The first-order chi connectivity index (χ1) is 13.9. The molecular weight excluding hydrogens is 409 g/mol. The first-order valence-electron chi connectivity index (χ1n) is 9.40. The third-order valence-electron chi connectivity index (χ3n) is 4.49. The second-order valence-electron chi connectivity index (χ2n) is 6.62. The number of hydrogen-bond acceptors (Lipinski definition) is 4. The van der Waals surface area contributed by atoms with Crippen molar-refractivity contribution in [2.45, 2.75) is 36.6 Å². The lowest BCUT2D eigenvalue weighted by atomic mass is 10.1. The average molecular weight is 438 g/mol. The third-order valence-corrected chi connectivity index (χ3v) is 6.93. The van der Waals surface area contributed by atoms with E-state index in [4.69, 9.17) is 0 Å². The van der Waals surface area contributed by atoms with Crippen molar-refractivity contribution in [1.82, 2.24) is 10.6 Å². The highest BCUT2D eigenvalue weighted by Gasteiger charge is 2.21. The number of aliphatic imine (C=N–C) groups is 1. The fraction of sp³-hybridized carbons (Fsp3) is 0.381. The molecule has 0 heterocycles. The molecule has 0 saturated carbocycles. The van der Waals surface area contributed by atoms with E-state index in [2.05, 4.69) is 15.6 Å². The number of nitrogens with zero attached hydrogens (tertiary/aromatic N) is 1. The molecule has 0 radical (unpaired) electrons. The van der Waals surface area contributed by atoms with Crippen LogP contribution in [-0.4, -0.2) is 39.5 Å². The fourth-order valence-electron chi connectivity index (χ4n) is 2.87. The smallest absolute Gasteiger partial charge is 0.191 e. The van der Waals surface area contributed by atoms with Gasteiger partial charge < -0.3 is 10.6 Å². The Morgan fingerprint density at radius 2 is 1.90 bits per heavy atom. The summed E-state index contributed by atoms with van der Waals surface area (Å²) in [5.74, 6) is 0.952. The van der Waals surface area contributed by atoms with Crippen LogP contribution in [0.25, 0.3) is 0 Å². The number of nitrogens with one attached hydrogen (secondary N) is 2. The molecule has 0 aliphatic heterocycles. The first-order valence-corrected chi connectivity index (χ1v) is 12.5. The lowest BCUT2D eigenvalue weighted by Gasteiger charge is -2.21. The molecule has 0 bridgehead atoms. The van der Waals surface area contributed by atoms with Crippen molar-refractivity contribution in [3.63, 3.8) is 0 Å². The van der Waals surface area contributed by atoms with E-state index in [0.29, 0.717) is 29.6 Å². The molecule has 2 aromatic carbocycles. The van der Waals surface area contributed by atoms with Gasteiger partial charge in [-0.2, -0.15) is 11.8 Å². The standard InChI is InChI=1S/C21H28FN3O2S2/c1-4-19(15-29(26,27)20-8-6-5-7-9-20)25-21(23-2)24-13-16-10-11-18(22)12-17(16)14-28-3/h5-12,19H,4,13-15H2,1-3H3,(H2,23,24,25). The lowest BCUT2D eigenvalue weighted by Crippen LogP contribution is -2.45. The summed E-state index contributed by atoms with van der Waals surface area (Å²) in [6.07, 6.45) is 2.60. The van der Waals surface area contributed by atoms with Crippen LogP contribution < -0.4 is 10.6 Å². The van der Waals surface area contributed by atoms with E-state index in [1.807, 2.05) is 13.2 Å². The average Bonchev–Trinajstić information content (AvgIpc) is 2.72. The lowest BCUT2D eigenvalue weighted by molar-refractivity contribution is 0.568. The number of rotatable bonds is 9. The van der Waals surface area contributed by atoms with Crippen LogP contribution >= 0.6 is 11.8 Å². The quantitative estimate of drug-likeness (QED) is 0.463. The van der Waals surface area contributed by atoms with Crippen molar-refractivity contribution in [2.24, 2.45) is 4.99 Å². The fourth-order valence-corrected chi connectivity index (χ4v) is 5.07. The molecule has 2 rings (SSSR count). The van der Waals surface area contributed by atoms with Gasteiger partial charge in [-0.25, -0.2) is 12.8 Å². The van der Waals surface area contributed by atoms with Crippen molar-refractivity contribution >= 4 is 27.6 Å². The van der Waals surface area contributed by atoms with E-state index in [-0.39, 0.29) is 17.6 Å². The molecular formula is C21H28FN3O2S2. The third kappa shape index (κ3) is 7.04. The van der Waals surface area contributed by atoms with Gasteiger partial charge >= 0.3 is 0 Å². The summed E-state index contributed by atoms with van der Waals surface area (Å²) in [7, 11) is -1.76. The largest absolute Gasteiger partial charge is 0.353 e. The van der Waals surface area contributed by atoms with Crippen LogP contribution in [-0.2, 0) is 22.1 Å². The normalized spacial score (nSPS) is 13.2. The zero-order valence-electron chi connectivity index (χ0n) is 17.0. The van der Waals surface area contributed by atoms with E-state index >= 15 is 0 Å². The zero-order valence-corrected chi connectivity index (χ0v) is 18.6. The molecule has 2 N–H and O–H groups in total. The summed E-state index contributed by atoms with van der Waals surface area (Å²) in [4.78, 5) is 4.52. The second kappa shape index (κ2) is 11.2. The Kier molecular flexibility index (Phi) is 8.98. The second-order valence-corrected chi connectivity index (χ2v) is 9.52. The Hall–Kier alpha value is -2.06. The monoisotopic (exact) mass is 437 g/mol. The maximum Gasteiger partial charge on any atom is 0.191 e. The van der Waals surface area contributed by atoms with Crippen molar-refractivity contribution < 1.29 is 12.8 Å². The van der Waals surface area contributed by atoms with Gasteiger partial charge in [-0.15, -0.1) is 0 Å². The van der Waals surface area contributed by atoms with Crippen LogP contribution in [0.1, 0.15) is 24.5 Å². The van der Waals surface area contributed by atoms with Crippen molar-refractivity contribution in [3.8, 4) is 0 Å². The highest BCUT2D eigenvalue weighted by Crippen LogP contribution is 2.17. The number of thioether (sulfide) groups is 1. The van der Waals surface area contributed by atoms with Gasteiger partial charge in [0.25, 0.3) is 0 Å². The zero-order chi connectivity index (χ0) is 21.3. The van der Waals surface area contributed by atoms with E-state index in [0.717, 1.165) is 11.1 Å². The molecule has 0 aliphatic rings. The van der Waals surface area contributed by atoms with Crippen molar-refractivity contribution in [2.75, 3.05) is 19.1 Å². The summed E-state index contributed by atoms with van der Waals surface area (Å²) in [5.41, 5.74) is 1.91. The van der Waals surface area contributed by atoms with Crippen molar-refractivity contribution in [3.05, 3.63) is 65.5 Å². The van der Waals surface area contributed by atoms with Crippen molar-refractivity contribution in [1.29, 1.82) is 0 Å². The molecule has 29 heavy (non-hydrogen) atoms. The molecule has 2 aromatic rings. The Morgan fingerprint density at radius 1 is 1.17 bits per heavy atom. The predicted octanol–water partition coefficient (Wildman–Crippen LogP) is 3.61. The summed E-state index contributed by atoms with van der Waals surface area (Å²) in [5, 5.41) is 6.40. The number of halogens is 1. The highest BCUT2D eigenvalue weighted by molar-refractivity contribution is 7.97. The molecule has 0 spiro atoms. The minimum absolute atomic E-state index is 0.0253. The van der Waals surface area contributed by atoms with Crippen LogP contribution in [0.3, 0.4) is 0 Å². The van der Waals surface area contributed by atoms with Crippen LogP contribution in [0.15, 0.2) is 58.4 Å². The molecule has 8 heteroatoms. The molecule has 5 nitrogen and oxygen atoms in total. The van der Waals surface area contributed by atoms with Crippen LogP contribution in [0.5, 0.6) is 0 Å². The van der Waals surface area contributed by atoms with E-state index in [9.17, 15) is 12.8 Å². The molecule has 0 aromatic heterocycles. The Bertz CT molecular complexity index is 919. The summed E-state index contributed by atoms with van der Waals surface area (Å²) >= 11 is 1.63. The summed E-state index contributed by atoms with van der Waals surface area (Å²) in [6, 6.07) is 12.9. The van der Waals surface area contributed by atoms with Gasteiger partial charge in [0.05, 0.1) is 10.6 Å². The molecule has 0 aliphatic carbocycles. The predicted molar refractivity (Wildman–Crippen MR) is 120 cm³/mol. The Labute approximate surface area is 177 Å². The maximum atomic E-state index is 13.5. The minimum atomic E-state index is -3.40. The summed E-state index contributed by atoms with van der Waals surface area (Å²) < 4.78 is 38.9. The van der Waals surface area contributed by atoms with E-state index in [1.165, 1.54) is 6.07 Å². The van der Waals surface area contributed by atoms with Crippen LogP contribution in [0, 0.1) is 5.82 Å². The van der Waals surface area contributed by atoms with Crippen LogP contribution in [0.4, 0.5) is 4.39 Å². The molecule has 1 unspecified atom stereocenters. The number of benzene rings is 2. The molecule has 1 atom stereocenters. The Balaban J connectivity index is 2.03. The number of sulfone groups is 1. The molecule has 0 saturated heterocycles. The highest BCUT2D eigenvalue weighted by atomic mass is 32.2. The Morgan fingerprint density at radius 3 is 2.52 bits per heavy atom. The maximum absolute atomic E-state index is 13.5. The van der Waals surface area contributed by atoms with Gasteiger partial charge in [-0.05, 0) is 48.1 Å². The van der Waals surface area contributed by atoms with Gasteiger partial charge in [0.15, 0.2) is 15.8 Å². The molecule has 158 valence electrons. The van der Waals surface area contributed by atoms with E-state index < -0.39 is 9.84 Å². The minimum Gasteiger partial charge on any atom is -0.353 e. The van der Waals surface area contributed by atoms with Gasteiger partial charge in [0.2, 0.25) is 0 Å². The van der Waals surface area contributed by atoms with Gasteiger partial charge in [-0.3, -0.25) is 4.99 Å². The number of guanidine groups is 1. The van der Waals surface area contributed by atoms with Gasteiger partial charge in [-0.1, -0.05) is 31.2 Å². The molecule has 0 fully saturated rings. The topological polar surface area (TPSA) is 70.6 Å². The summed E-state index contributed by atoms with van der Waals surface area (Å²) in [6.45, 7) is 2.40. The number of hydrogen-bond donors (Lipinski definition) is 2. The van der Waals surface area contributed by atoms with E-state index in [1.54, 1.807) is 61.3 Å². The SMILES string of the molecule is CCC(CS(=O)(=O)c1ccccc1)NC(=NC)NCc1ccc(F)cc1CSC. The van der Waals surface area contributed by atoms with Gasteiger partial charge in [0, 0.05) is 25.4 Å². The molecule has 0 amide bonds. The van der Waals surface area contributed by atoms with Crippen LogP contribution in [0.2, 0.25) is 0 Å².